The number of benzene rings is 2. The zero-order valence-corrected chi connectivity index (χ0v) is 20.2. The van der Waals surface area contributed by atoms with Crippen LogP contribution in [0.3, 0.4) is 0 Å². The fourth-order valence-corrected chi connectivity index (χ4v) is 4.57. The summed E-state index contributed by atoms with van der Waals surface area (Å²) in [5.41, 5.74) is 9.51. The van der Waals surface area contributed by atoms with Gasteiger partial charge in [0.05, 0.1) is 10.0 Å². The Morgan fingerprint density at radius 1 is 0.839 bits per heavy atom. The molecule has 6 heteroatoms. The largest absolute Gasteiger partial charge is 0.330 e. The van der Waals surface area contributed by atoms with E-state index in [4.69, 9.17) is 28.9 Å². The summed E-state index contributed by atoms with van der Waals surface area (Å²) >= 11 is 12.4. The summed E-state index contributed by atoms with van der Waals surface area (Å²) in [4.78, 5) is 7.66. The van der Waals surface area contributed by atoms with E-state index < -0.39 is 0 Å². The highest BCUT2D eigenvalue weighted by Gasteiger charge is 2.16. The Bertz CT molecular complexity index is 806. The maximum absolute atomic E-state index is 6.26. The Hall–Kier alpha value is -1.14. The monoisotopic (exact) mass is 462 g/mol. The van der Waals surface area contributed by atoms with Crippen LogP contribution < -0.4 is 5.73 Å². The van der Waals surface area contributed by atoms with Gasteiger partial charge in [0.25, 0.3) is 0 Å². The Morgan fingerprint density at radius 3 is 2.10 bits per heavy atom. The SMILES string of the molecule is Cc1cccc(CN(CCCN2CCN(CCCN)CC2)Cc2ccc(Cl)c(Cl)c2)c1. The van der Waals surface area contributed by atoms with Gasteiger partial charge in [0.15, 0.2) is 0 Å². The van der Waals surface area contributed by atoms with Gasteiger partial charge in [-0.1, -0.05) is 59.1 Å². The van der Waals surface area contributed by atoms with Gasteiger partial charge >= 0.3 is 0 Å². The number of halogens is 2. The molecule has 2 aromatic rings. The van der Waals surface area contributed by atoms with E-state index in [1.165, 1.54) is 16.7 Å². The molecule has 4 nitrogen and oxygen atoms in total. The summed E-state index contributed by atoms with van der Waals surface area (Å²) in [6.07, 6.45) is 2.26. The van der Waals surface area contributed by atoms with Crippen molar-refractivity contribution in [2.45, 2.75) is 32.9 Å². The van der Waals surface area contributed by atoms with Crippen molar-refractivity contribution in [3.8, 4) is 0 Å². The zero-order chi connectivity index (χ0) is 22.1. The molecule has 2 aromatic carbocycles. The zero-order valence-electron chi connectivity index (χ0n) is 18.7. The van der Waals surface area contributed by atoms with Gasteiger partial charge in [-0.3, -0.25) is 4.90 Å². The number of nitrogens with two attached hydrogens (primary N) is 1. The lowest BCUT2D eigenvalue weighted by Gasteiger charge is -2.35. The quantitative estimate of drug-likeness (QED) is 0.526. The van der Waals surface area contributed by atoms with Crippen molar-refractivity contribution in [2.75, 3.05) is 52.4 Å². The summed E-state index contributed by atoms with van der Waals surface area (Å²) in [7, 11) is 0. The first-order valence-corrected chi connectivity index (χ1v) is 12.2. The molecule has 1 saturated heterocycles. The van der Waals surface area contributed by atoms with E-state index in [-0.39, 0.29) is 0 Å². The standard InChI is InChI=1S/C25H36Cl2N4/c1-21-5-2-6-22(17-21)19-31(20-23-7-8-24(26)25(27)18-23)12-4-11-30-15-13-29(14-16-30)10-3-9-28/h2,5-8,17-18H,3-4,9-16,19-20,28H2,1H3. The minimum atomic E-state index is 0.612. The van der Waals surface area contributed by atoms with Crippen LogP contribution in [-0.4, -0.2) is 67.1 Å². The van der Waals surface area contributed by atoms with E-state index in [9.17, 15) is 0 Å². The molecule has 0 amide bonds. The van der Waals surface area contributed by atoms with Crippen LogP contribution in [0.2, 0.25) is 10.0 Å². The minimum absolute atomic E-state index is 0.612. The van der Waals surface area contributed by atoms with Gasteiger partial charge in [-0.05, 0) is 62.7 Å². The minimum Gasteiger partial charge on any atom is -0.330 e. The molecule has 1 aliphatic heterocycles. The third kappa shape index (κ3) is 8.38. The molecular formula is C25H36Cl2N4. The average molecular weight is 463 g/mol. The second-order valence-corrected chi connectivity index (χ2v) is 9.44. The van der Waals surface area contributed by atoms with Gasteiger partial charge in [-0.15, -0.1) is 0 Å². The maximum atomic E-state index is 6.26. The molecule has 2 N–H and O–H groups in total. The van der Waals surface area contributed by atoms with Crippen LogP contribution in [0.4, 0.5) is 0 Å². The summed E-state index contributed by atoms with van der Waals surface area (Å²) < 4.78 is 0. The third-order valence-corrected chi connectivity index (χ3v) is 6.71. The lowest BCUT2D eigenvalue weighted by Crippen LogP contribution is -2.47. The van der Waals surface area contributed by atoms with Crippen LogP contribution in [0.15, 0.2) is 42.5 Å². The Kier molecular flexibility index (Phi) is 10.1. The molecule has 3 rings (SSSR count). The third-order valence-electron chi connectivity index (χ3n) is 5.97. The number of hydrogen-bond donors (Lipinski definition) is 1. The van der Waals surface area contributed by atoms with Crippen molar-refractivity contribution in [1.29, 1.82) is 0 Å². The van der Waals surface area contributed by atoms with Gasteiger partial charge in [0.1, 0.15) is 0 Å². The van der Waals surface area contributed by atoms with E-state index >= 15 is 0 Å². The smallest absolute Gasteiger partial charge is 0.0595 e. The first-order chi connectivity index (χ1) is 15.0. The van der Waals surface area contributed by atoms with Crippen molar-refractivity contribution in [3.63, 3.8) is 0 Å². The molecule has 1 fully saturated rings. The number of piperazine rings is 1. The van der Waals surface area contributed by atoms with Gasteiger partial charge in [0.2, 0.25) is 0 Å². The van der Waals surface area contributed by atoms with Crippen LogP contribution in [0.25, 0.3) is 0 Å². The lowest BCUT2D eigenvalue weighted by atomic mass is 10.1. The van der Waals surface area contributed by atoms with Crippen molar-refractivity contribution in [2.24, 2.45) is 5.73 Å². The number of rotatable bonds is 11. The van der Waals surface area contributed by atoms with Gasteiger partial charge < -0.3 is 15.5 Å². The predicted molar refractivity (Wildman–Crippen MR) is 133 cm³/mol. The Balaban J connectivity index is 1.53. The molecule has 0 atom stereocenters. The molecule has 0 bridgehead atoms. The van der Waals surface area contributed by atoms with Crippen molar-refractivity contribution < 1.29 is 0 Å². The van der Waals surface area contributed by atoms with E-state index in [1.54, 1.807) is 0 Å². The first kappa shape index (κ1) is 24.5. The molecule has 0 aromatic heterocycles. The Labute approximate surface area is 197 Å². The maximum Gasteiger partial charge on any atom is 0.0595 e. The van der Waals surface area contributed by atoms with E-state index in [0.717, 1.165) is 78.3 Å². The summed E-state index contributed by atoms with van der Waals surface area (Å²) in [5, 5.41) is 1.24. The molecule has 1 heterocycles. The molecular weight excluding hydrogens is 427 g/mol. The summed E-state index contributed by atoms with van der Waals surface area (Å²) in [6, 6.07) is 14.8. The number of nitrogens with zero attached hydrogens (tertiary/aromatic N) is 3. The topological polar surface area (TPSA) is 35.7 Å². The lowest BCUT2D eigenvalue weighted by molar-refractivity contribution is 0.125. The first-order valence-electron chi connectivity index (χ1n) is 11.4. The molecule has 31 heavy (non-hydrogen) atoms. The van der Waals surface area contributed by atoms with Crippen molar-refractivity contribution >= 4 is 23.2 Å². The fraction of sp³-hybridized carbons (Fsp3) is 0.520. The van der Waals surface area contributed by atoms with E-state index in [0.29, 0.717) is 10.0 Å². The van der Waals surface area contributed by atoms with Crippen LogP contribution in [-0.2, 0) is 13.1 Å². The Morgan fingerprint density at radius 2 is 1.48 bits per heavy atom. The normalized spacial score (nSPS) is 15.6. The number of aryl methyl sites for hydroxylation is 1. The summed E-state index contributed by atoms with van der Waals surface area (Å²) in [5.74, 6) is 0. The second kappa shape index (κ2) is 12.8. The fourth-order valence-electron chi connectivity index (χ4n) is 4.25. The summed E-state index contributed by atoms with van der Waals surface area (Å²) in [6.45, 7) is 12.7. The average Bonchev–Trinajstić information content (AvgIpc) is 2.76. The van der Waals surface area contributed by atoms with Crippen LogP contribution in [0, 0.1) is 6.92 Å². The molecule has 0 spiro atoms. The highest BCUT2D eigenvalue weighted by Crippen LogP contribution is 2.24. The van der Waals surface area contributed by atoms with Crippen molar-refractivity contribution in [3.05, 3.63) is 69.2 Å². The van der Waals surface area contributed by atoms with E-state index in [2.05, 4.69) is 52.0 Å². The van der Waals surface area contributed by atoms with Crippen LogP contribution in [0.1, 0.15) is 29.5 Å². The highest BCUT2D eigenvalue weighted by molar-refractivity contribution is 6.42. The van der Waals surface area contributed by atoms with Gasteiger partial charge in [-0.25, -0.2) is 0 Å². The van der Waals surface area contributed by atoms with E-state index in [1.807, 2.05) is 12.1 Å². The van der Waals surface area contributed by atoms with Crippen LogP contribution >= 0.6 is 23.2 Å². The number of hydrogen-bond acceptors (Lipinski definition) is 4. The van der Waals surface area contributed by atoms with Gasteiger partial charge in [-0.2, -0.15) is 0 Å². The molecule has 0 saturated carbocycles. The molecule has 170 valence electrons. The highest BCUT2D eigenvalue weighted by atomic mass is 35.5. The van der Waals surface area contributed by atoms with Crippen LogP contribution in [0.5, 0.6) is 0 Å². The molecule has 0 radical (unpaired) electrons. The molecule has 1 aliphatic rings. The predicted octanol–water partition coefficient (Wildman–Crippen LogP) is 4.66. The molecule has 0 aliphatic carbocycles. The molecule has 0 unspecified atom stereocenters. The second-order valence-electron chi connectivity index (χ2n) is 8.63. The van der Waals surface area contributed by atoms with Crippen molar-refractivity contribution in [1.82, 2.24) is 14.7 Å². The van der Waals surface area contributed by atoms with Gasteiger partial charge in [0, 0.05) is 45.8 Å².